The molecular weight excluding hydrogens is 360 g/mol. The molecule has 0 bridgehead atoms. The maximum Gasteiger partial charge on any atom is 0.278 e. The first-order valence-electron chi connectivity index (χ1n) is 7.91. The van der Waals surface area contributed by atoms with Crippen LogP contribution in [0.5, 0.6) is 11.5 Å². The van der Waals surface area contributed by atoms with E-state index in [1.165, 1.54) is 0 Å². The Morgan fingerprint density at radius 2 is 1.85 bits per heavy atom. The minimum Gasteiger partial charge on any atom is -0.454 e. The van der Waals surface area contributed by atoms with Crippen LogP contribution < -0.4 is 14.4 Å². The van der Waals surface area contributed by atoms with E-state index >= 15 is 0 Å². The van der Waals surface area contributed by atoms with Gasteiger partial charge in [0.15, 0.2) is 11.5 Å². The summed E-state index contributed by atoms with van der Waals surface area (Å²) in [5.74, 6) is -0.642. The first-order valence-corrected chi connectivity index (χ1v) is 8.29. The largest absolute Gasteiger partial charge is 0.454 e. The number of rotatable bonds is 2. The van der Waals surface area contributed by atoms with Crippen LogP contribution in [0.15, 0.2) is 47.6 Å². The van der Waals surface area contributed by atoms with Gasteiger partial charge in [-0.2, -0.15) is 0 Å². The summed E-state index contributed by atoms with van der Waals surface area (Å²) in [6, 6.07) is 11.9. The van der Waals surface area contributed by atoms with Crippen molar-refractivity contribution in [3.63, 3.8) is 0 Å². The molecule has 1 saturated heterocycles. The first-order chi connectivity index (χ1) is 12.6. The van der Waals surface area contributed by atoms with Crippen molar-refractivity contribution in [3.8, 4) is 11.5 Å². The third-order valence-electron chi connectivity index (χ3n) is 4.58. The number of imide groups is 1. The molecule has 0 aliphatic carbocycles. The monoisotopic (exact) mass is 370 g/mol. The van der Waals surface area contributed by atoms with Crippen LogP contribution in [0.2, 0.25) is 5.02 Å². The number of anilines is 1. The van der Waals surface area contributed by atoms with Gasteiger partial charge in [-0.15, -0.1) is 0 Å². The Bertz CT molecular complexity index is 989. The van der Waals surface area contributed by atoms with Crippen molar-refractivity contribution in [2.75, 3.05) is 11.7 Å². The van der Waals surface area contributed by atoms with Crippen LogP contribution in [0.1, 0.15) is 5.56 Å². The minimum atomic E-state index is -0.987. The lowest BCUT2D eigenvalue weighted by atomic mass is 9.94. The highest BCUT2D eigenvalue weighted by Crippen LogP contribution is 2.40. The number of halogens is 1. The molecule has 0 unspecified atom stereocenters. The Balaban J connectivity index is 1.53. The van der Waals surface area contributed by atoms with Gasteiger partial charge >= 0.3 is 0 Å². The molecule has 8 heteroatoms. The molecule has 26 heavy (non-hydrogen) atoms. The van der Waals surface area contributed by atoms with Gasteiger partial charge in [0.2, 0.25) is 18.8 Å². The number of amides is 2. The molecule has 130 valence electrons. The predicted octanol–water partition coefficient (Wildman–Crippen LogP) is 2.36. The van der Waals surface area contributed by atoms with E-state index in [2.05, 4.69) is 5.16 Å². The summed E-state index contributed by atoms with van der Waals surface area (Å²) in [5, 5.41) is 4.40. The van der Waals surface area contributed by atoms with Gasteiger partial charge in [-0.1, -0.05) is 35.0 Å². The normalized spacial score (nSPS) is 23.1. The highest BCUT2D eigenvalue weighted by atomic mass is 35.5. The Morgan fingerprint density at radius 1 is 1.04 bits per heavy atom. The van der Waals surface area contributed by atoms with E-state index < -0.39 is 23.8 Å². The van der Waals surface area contributed by atoms with Gasteiger partial charge in [0, 0.05) is 16.7 Å². The molecule has 1 fully saturated rings. The van der Waals surface area contributed by atoms with Crippen LogP contribution in [-0.4, -0.2) is 30.4 Å². The van der Waals surface area contributed by atoms with E-state index in [9.17, 15) is 9.59 Å². The van der Waals surface area contributed by atoms with E-state index in [-0.39, 0.29) is 6.79 Å². The number of carbonyl (C=O) groups excluding carboxylic acids is 2. The second-order valence-electron chi connectivity index (χ2n) is 6.01. The summed E-state index contributed by atoms with van der Waals surface area (Å²) < 4.78 is 10.6. The van der Waals surface area contributed by atoms with Gasteiger partial charge in [-0.3, -0.25) is 9.59 Å². The van der Waals surface area contributed by atoms with E-state index in [1.54, 1.807) is 42.5 Å². The standard InChI is InChI=1S/C18H11ClN2O5/c19-11-4-2-1-3-10(11)15-14-16(26-20-15)18(23)21(17(14)22)9-5-6-12-13(7-9)25-8-24-12/h1-7,14,16H,8H2/t14-,16-/m1/s1. The van der Waals surface area contributed by atoms with Crippen LogP contribution in [0.4, 0.5) is 5.69 Å². The molecule has 2 aromatic rings. The number of oxime groups is 1. The fourth-order valence-corrected chi connectivity index (χ4v) is 3.58. The molecule has 3 aliphatic heterocycles. The summed E-state index contributed by atoms with van der Waals surface area (Å²) in [6.07, 6.45) is -0.987. The molecule has 2 atom stereocenters. The van der Waals surface area contributed by atoms with Crippen molar-refractivity contribution < 1.29 is 23.9 Å². The second-order valence-corrected chi connectivity index (χ2v) is 6.42. The molecule has 3 heterocycles. The summed E-state index contributed by atoms with van der Waals surface area (Å²) in [4.78, 5) is 32.2. The second kappa shape index (κ2) is 5.47. The van der Waals surface area contributed by atoms with Crippen molar-refractivity contribution in [2.24, 2.45) is 11.1 Å². The van der Waals surface area contributed by atoms with Crippen LogP contribution in [-0.2, 0) is 14.4 Å². The average Bonchev–Trinajstić information content (AvgIpc) is 3.33. The predicted molar refractivity (Wildman–Crippen MR) is 91.4 cm³/mol. The summed E-state index contributed by atoms with van der Waals surface area (Å²) in [5.41, 5.74) is 1.35. The molecule has 2 aromatic carbocycles. The lowest BCUT2D eigenvalue weighted by Gasteiger charge is -2.16. The maximum atomic E-state index is 13.0. The SMILES string of the molecule is O=C1[C@@H]2C(c3ccccc3Cl)=NO[C@H]2C(=O)N1c1ccc2c(c1)OCO2. The quantitative estimate of drug-likeness (QED) is 0.758. The van der Waals surface area contributed by atoms with Gasteiger partial charge in [0.1, 0.15) is 11.6 Å². The van der Waals surface area contributed by atoms with Gasteiger partial charge in [0.05, 0.1) is 5.69 Å². The fourth-order valence-electron chi connectivity index (χ4n) is 3.35. The molecule has 7 nitrogen and oxygen atoms in total. The van der Waals surface area contributed by atoms with Gasteiger partial charge in [-0.25, -0.2) is 4.90 Å². The zero-order valence-electron chi connectivity index (χ0n) is 13.2. The molecule has 0 aromatic heterocycles. The van der Waals surface area contributed by atoms with Crippen LogP contribution in [0.3, 0.4) is 0 Å². The Morgan fingerprint density at radius 3 is 2.69 bits per heavy atom. The zero-order valence-corrected chi connectivity index (χ0v) is 14.0. The third kappa shape index (κ3) is 2.04. The lowest BCUT2D eigenvalue weighted by Crippen LogP contribution is -2.33. The van der Waals surface area contributed by atoms with Gasteiger partial charge in [0.25, 0.3) is 5.91 Å². The summed E-state index contributed by atoms with van der Waals surface area (Å²) >= 11 is 6.22. The molecule has 5 rings (SSSR count). The Hall–Kier alpha value is -3.06. The number of carbonyl (C=O) groups is 2. The average molecular weight is 371 g/mol. The van der Waals surface area contributed by atoms with Crippen molar-refractivity contribution in [1.29, 1.82) is 0 Å². The van der Waals surface area contributed by atoms with Crippen molar-refractivity contribution in [3.05, 3.63) is 53.1 Å². The van der Waals surface area contributed by atoms with Crippen LogP contribution in [0, 0.1) is 5.92 Å². The van der Waals surface area contributed by atoms with Gasteiger partial charge < -0.3 is 14.3 Å². The van der Waals surface area contributed by atoms with Crippen molar-refractivity contribution >= 4 is 34.8 Å². The van der Waals surface area contributed by atoms with Crippen molar-refractivity contribution in [1.82, 2.24) is 0 Å². The van der Waals surface area contributed by atoms with E-state index in [0.717, 1.165) is 4.90 Å². The molecule has 3 aliphatic rings. The molecule has 0 N–H and O–H groups in total. The number of ether oxygens (including phenoxy) is 2. The molecule has 0 spiro atoms. The third-order valence-corrected chi connectivity index (χ3v) is 4.91. The van der Waals surface area contributed by atoms with Crippen molar-refractivity contribution in [2.45, 2.75) is 6.10 Å². The number of hydrogen-bond acceptors (Lipinski definition) is 6. The molecule has 0 radical (unpaired) electrons. The van der Waals surface area contributed by atoms with Crippen LogP contribution >= 0.6 is 11.6 Å². The molecule has 0 saturated carbocycles. The number of nitrogens with zero attached hydrogens (tertiary/aromatic N) is 2. The number of hydrogen-bond donors (Lipinski definition) is 0. The smallest absolute Gasteiger partial charge is 0.278 e. The zero-order chi connectivity index (χ0) is 17.8. The molecule has 2 amide bonds. The van der Waals surface area contributed by atoms with E-state index in [1.807, 2.05) is 0 Å². The Kier molecular flexibility index (Phi) is 3.20. The lowest BCUT2D eigenvalue weighted by molar-refractivity contribution is -0.126. The number of fused-ring (bicyclic) bond motifs is 2. The first kappa shape index (κ1) is 15.2. The Labute approximate surface area is 152 Å². The highest BCUT2D eigenvalue weighted by Gasteiger charge is 2.56. The van der Waals surface area contributed by atoms with Gasteiger partial charge in [-0.05, 0) is 18.2 Å². The summed E-state index contributed by atoms with van der Waals surface area (Å²) in [6.45, 7) is 0.109. The summed E-state index contributed by atoms with van der Waals surface area (Å²) in [7, 11) is 0. The minimum absolute atomic E-state index is 0.109. The van der Waals surface area contributed by atoms with Crippen LogP contribution in [0.25, 0.3) is 0 Å². The topological polar surface area (TPSA) is 77.4 Å². The highest BCUT2D eigenvalue weighted by molar-refractivity contribution is 6.38. The number of benzene rings is 2. The maximum absolute atomic E-state index is 13.0. The van der Waals surface area contributed by atoms with E-state index in [0.29, 0.717) is 33.5 Å². The van der Waals surface area contributed by atoms with E-state index in [4.69, 9.17) is 25.9 Å². The molecular formula is C18H11ClN2O5. The fraction of sp³-hybridized carbons (Fsp3) is 0.167.